The molecule has 1 aromatic heterocycles. The Balaban J connectivity index is 1.76. The van der Waals surface area contributed by atoms with Crippen LogP contribution in [0.3, 0.4) is 0 Å². The van der Waals surface area contributed by atoms with Gasteiger partial charge in [-0.25, -0.2) is 4.98 Å². The predicted molar refractivity (Wildman–Crippen MR) is 108 cm³/mol. The summed E-state index contributed by atoms with van der Waals surface area (Å²) in [6, 6.07) is 17.1. The predicted octanol–water partition coefficient (Wildman–Crippen LogP) is 4.08. The van der Waals surface area contributed by atoms with E-state index in [4.69, 9.17) is 9.72 Å². The van der Waals surface area contributed by atoms with Crippen molar-refractivity contribution in [3.63, 3.8) is 0 Å². The van der Waals surface area contributed by atoms with Crippen LogP contribution in [0.1, 0.15) is 30.0 Å². The highest BCUT2D eigenvalue weighted by molar-refractivity contribution is 7.18. The lowest BCUT2D eigenvalue weighted by atomic mass is 10.0. The van der Waals surface area contributed by atoms with Crippen molar-refractivity contribution < 1.29 is 4.74 Å². The summed E-state index contributed by atoms with van der Waals surface area (Å²) in [5.41, 5.74) is 2.35. The second kappa shape index (κ2) is 8.16. The summed E-state index contributed by atoms with van der Waals surface area (Å²) in [6.07, 6.45) is 1.16. The van der Waals surface area contributed by atoms with Crippen LogP contribution in [-0.2, 0) is 0 Å². The van der Waals surface area contributed by atoms with Crippen LogP contribution in [0.2, 0.25) is 0 Å². The summed E-state index contributed by atoms with van der Waals surface area (Å²) < 4.78 is 7.01. The molecule has 1 atom stereocenters. The van der Waals surface area contributed by atoms with Gasteiger partial charge in [-0.3, -0.25) is 4.90 Å². The van der Waals surface area contributed by atoms with Crippen molar-refractivity contribution in [3.8, 4) is 5.75 Å². The molecule has 4 nitrogen and oxygen atoms in total. The largest absolute Gasteiger partial charge is 0.494 e. The summed E-state index contributed by atoms with van der Waals surface area (Å²) in [6.45, 7) is 6.92. The number of para-hydroxylation sites is 1. The van der Waals surface area contributed by atoms with Crippen LogP contribution in [0.15, 0.2) is 48.5 Å². The SMILES string of the molecule is CCOc1cccc(C(c2nc3ccccc3s2)N2CCCNCC2)c1. The molecule has 1 saturated heterocycles. The minimum absolute atomic E-state index is 0.174. The molecule has 5 heteroatoms. The van der Waals surface area contributed by atoms with Crippen LogP contribution in [0.5, 0.6) is 5.75 Å². The van der Waals surface area contributed by atoms with Gasteiger partial charge in [0.2, 0.25) is 0 Å². The van der Waals surface area contributed by atoms with Gasteiger partial charge in [-0.15, -0.1) is 11.3 Å². The van der Waals surface area contributed by atoms with E-state index in [1.54, 1.807) is 11.3 Å². The second-order valence-electron chi connectivity index (χ2n) is 6.57. The number of nitrogens with one attached hydrogen (secondary N) is 1. The van der Waals surface area contributed by atoms with Crippen LogP contribution >= 0.6 is 11.3 Å². The number of nitrogens with zero attached hydrogens (tertiary/aromatic N) is 2. The Morgan fingerprint density at radius 2 is 2.08 bits per heavy atom. The van der Waals surface area contributed by atoms with Crippen molar-refractivity contribution in [2.24, 2.45) is 0 Å². The molecule has 4 rings (SSSR count). The van der Waals surface area contributed by atoms with E-state index < -0.39 is 0 Å². The summed E-state index contributed by atoms with van der Waals surface area (Å²) in [7, 11) is 0. The Morgan fingerprint density at radius 3 is 2.96 bits per heavy atom. The number of rotatable bonds is 5. The fraction of sp³-hybridized carbons (Fsp3) is 0.381. The molecule has 1 fully saturated rings. The Hall–Kier alpha value is -1.95. The summed E-state index contributed by atoms with van der Waals surface area (Å²) in [4.78, 5) is 7.54. The summed E-state index contributed by atoms with van der Waals surface area (Å²) in [5, 5.41) is 4.68. The van der Waals surface area contributed by atoms with E-state index in [9.17, 15) is 0 Å². The maximum atomic E-state index is 5.76. The van der Waals surface area contributed by atoms with E-state index in [1.165, 1.54) is 15.3 Å². The van der Waals surface area contributed by atoms with Crippen LogP contribution in [-0.4, -0.2) is 42.7 Å². The number of benzene rings is 2. The summed E-state index contributed by atoms with van der Waals surface area (Å²) in [5.74, 6) is 0.934. The highest BCUT2D eigenvalue weighted by Crippen LogP contribution is 2.35. The molecular formula is C21H25N3OS. The number of aromatic nitrogens is 1. The molecule has 1 N–H and O–H groups in total. The molecule has 1 aliphatic rings. The normalized spacial score (nSPS) is 17.1. The molecule has 3 aromatic rings. The summed E-state index contributed by atoms with van der Waals surface area (Å²) >= 11 is 1.81. The van der Waals surface area contributed by atoms with E-state index in [2.05, 4.69) is 52.7 Å². The van der Waals surface area contributed by atoms with Crippen molar-refractivity contribution in [2.45, 2.75) is 19.4 Å². The smallest absolute Gasteiger partial charge is 0.119 e. The average Bonchev–Trinajstić information content (AvgIpc) is 2.90. The van der Waals surface area contributed by atoms with Gasteiger partial charge in [-0.05, 0) is 49.7 Å². The van der Waals surface area contributed by atoms with Gasteiger partial charge in [0.1, 0.15) is 10.8 Å². The highest BCUT2D eigenvalue weighted by Gasteiger charge is 2.26. The number of hydrogen-bond donors (Lipinski definition) is 1. The quantitative estimate of drug-likeness (QED) is 0.737. The topological polar surface area (TPSA) is 37.4 Å². The van der Waals surface area contributed by atoms with Crippen molar-refractivity contribution in [3.05, 3.63) is 59.1 Å². The molecule has 2 heterocycles. The van der Waals surface area contributed by atoms with Gasteiger partial charge in [-0.1, -0.05) is 24.3 Å². The molecule has 0 amide bonds. The molecule has 26 heavy (non-hydrogen) atoms. The third kappa shape index (κ3) is 3.75. The lowest BCUT2D eigenvalue weighted by Crippen LogP contribution is -2.33. The molecule has 0 aliphatic carbocycles. The molecule has 0 radical (unpaired) electrons. The first-order chi connectivity index (χ1) is 12.8. The molecule has 0 saturated carbocycles. The van der Waals surface area contributed by atoms with Gasteiger partial charge in [0, 0.05) is 19.6 Å². The zero-order valence-corrected chi connectivity index (χ0v) is 16.0. The highest BCUT2D eigenvalue weighted by atomic mass is 32.1. The number of thiazole rings is 1. The minimum Gasteiger partial charge on any atom is -0.494 e. The Labute approximate surface area is 158 Å². The van der Waals surface area contributed by atoms with E-state index >= 15 is 0 Å². The number of ether oxygens (including phenoxy) is 1. The standard InChI is InChI=1S/C21H25N3OS/c1-2-25-17-8-5-7-16(15-17)20(24-13-6-11-22-12-14-24)21-23-18-9-3-4-10-19(18)26-21/h3-5,7-10,15,20,22H,2,6,11-14H2,1H3. The fourth-order valence-electron chi connectivity index (χ4n) is 3.58. The van der Waals surface area contributed by atoms with E-state index in [1.807, 2.05) is 13.0 Å². The molecule has 0 bridgehead atoms. The Bertz CT molecular complexity index is 822. The zero-order chi connectivity index (χ0) is 17.8. The first-order valence-electron chi connectivity index (χ1n) is 9.38. The Morgan fingerprint density at radius 1 is 1.15 bits per heavy atom. The van der Waals surface area contributed by atoms with E-state index in [-0.39, 0.29) is 6.04 Å². The third-order valence-electron chi connectivity index (χ3n) is 4.77. The number of fused-ring (bicyclic) bond motifs is 1. The zero-order valence-electron chi connectivity index (χ0n) is 15.1. The number of hydrogen-bond acceptors (Lipinski definition) is 5. The minimum atomic E-state index is 0.174. The lowest BCUT2D eigenvalue weighted by Gasteiger charge is -2.29. The molecule has 2 aromatic carbocycles. The van der Waals surface area contributed by atoms with Gasteiger partial charge in [0.15, 0.2) is 0 Å². The van der Waals surface area contributed by atoms with Gasteiger partial charge in [0.25, 0.3) is 0 Å². The van der Waals surface area contributed by atoms with Crippen LogP contribution in [0.4, 0.5) is 0 Å². The molecule has 1 unspecified atom stereocenters. The van der Waals surface area contributed by atoms with Gasteiger partial charge >= 0.3 is 0 Å². The third-order valence-corrected chi connectivity index (χ3v) is 5.86. The van der Waals surface area contributed by atoms with Crippen molar-refractivity contribution >= 4 is 21.6 Å². The first kappa shape index (κ1) is 17.5. The average molecular weight is 368 g/mol. The van der Waals surface area contributed by atoms with Crippen molar-refractivity contribution in [2.75, 3.05) is 32.8 Å². The van der Waals surface area contributed by atoms with Crippen LogP contribution in [0.25, 0.3) is 10.2 Å². The first-order valence-corrected chi connectivity index (χ1v) is 10.2. The van der Waals surface area contributed by atoms with E-state index in [0.717, 1.165) is 43.9 Å². The van der Waals surface area contributed by atoms with Gasteiger partial charge in [0.05, 0.1) is 22.9 Å². The van der Waals surface area contributed by atoms with Crippen molar-refractivity contribution in [1.82, 2.24) is 15.2 Å². The van der Waals surface area contributed by atoms with Crippen molar-refractivity contribution in [1.29, 1.82) is 0 Å². The van der Waals surface area contributed by atoms with Gasteiger partial charge in [-0.2, -0.15) is 0 Å². The van der Waals surface area contributed by atoms with Crippen LogP contribution < -0.4 is 10.1 Å². The van der Waals surface area contributed by atoms with Crippen LogP contribution in [0, 0.1) is 0 Å². The molecule has 1 aliphatic heterocycles. The molecule has 136 valence electrons. The fourth-order valence-corrected chi connectivity index (χ4v) is 4.71. The Kier molecular flexibility index (Phi) is 5.48. The van der Waals surface area contributed by atoms with Gasteiger partial charge < -0.3 is 10.1 Å². The maximum Gasteiger partial charge on any atom is 0.119 e. The molecular weight excluding hydrogens is 342 g/mol. The maximum absolute atomic E-state index is 5.76. The second-order valence-corrected chi connectivity index (χ2v) is 7.63. The lowest BCUT2D eigenvalue weighted by molar-refractivity contribution is 0.240. The monoisotopic (exact) mass is 367 g/mol. The van der Waals surface area contributed by atoms with E-state index in [0.29, 0.717) is 6.61 Å². The molecule has 0 spiro atoms.